The zero-order valence-electron chi connectivity index (χ0n) is 22.1. The number of nitrogens with one attached hydrogen (secondary N) is 1. The molecule has 3 N–H and O–H groups in total. The first-order valence-corrected chi connectivity index (χ1v) is 14.2. The Balaban J connectivity index is 1.19. The molecule has 0 saturated heterocycles. The number of carboxylic acids is 2. The molecule has 1 atom stereocenters. The Morgan fingerprint density at radius 2 is 1.55 bits per heavy atom. The van der Waals surface area contributed by atoms with Gasteiger partial charge in [-0.1, -0.05) is 36.4 Å². The highest BCUT2D eigenvalue weighted by atomic mass is 32.1. The minimum Gasteiger partial charge on any atom is -0.478 e. The van der Waals surface area contributed by atoms with Crippen molar-refractivity contribution in [2.45, 2.75) is 12.5 Å². The molecule has 204 valence electrons. The van der Waals surface area contributed by atoms with Gasteiger partial charge in [-0.15, -0.1) is 11.3 Å². The number of aliphatic carboxylic acids is 1. The summed E-state index contributed by atoms with van der Waals surface area (Å²) in [5.41, 5.74) is 9.06. The molecule has 3 aromatic heterocycles. The third-order valence-electron chi connectivity index (χ3n) is 7.56. The van der Waals surface area contributed by atoms with Crippen LogP contribution in [0.3, 0.4) is 0 Å². The third-order valence-corrected chi connectivity index (χ3v) is 8.74. The van der Waals surface area contributed by atoms with E-state index in [0.717, 1.165) is 21.7 Å². The van der Waals surface area contributed by atoms with E-state index in [2.05, 4.69) is 69.9 Å². The molecule has 0 radical (unpaired) electrons. The average molecular weight is 570 g/mol. The molecule has 4 heterocycles. The lowest BCUT2D eigenvalue weighted by atomic mass is 10.00. The smallest absolute Gasteiger partial charge is 0.335 e. The first-order valence-electron chi connectivity index (χ1n) is 13.3. The van der Waals surface area contributed by atoms with Crippen molar-refractivity contribution in [3.05, 3.63) is 137 Å². The monoisotopic (exact) mass is 569 g/mol. The fourth-order valence-electron chi connectivity index (χ4n) is 5.48. The molecule has 8 heteroatoms. The molecule has 0 bridgehead atoms. The fraction of sp³-hybridized carbons (Fsp3) is 0.0588. The predicted octanol–water partition coefficient (Wildman–Crippen LogP) is 6.84. The molecule has 0 amide bonds. The first kappa shape index (κ1) is 25.6. The summed E-state index contributed by atoms with van der Waals surface area (Å²) in [5.74, 6) is -2.17. The number of carbonyl (C=O) groups is 2. The number of thiophene rings is 1. The second-order valence-electron chi connectivity index (χ2n) is 10.2. The molecule has 1 aliphatic heterocycles. The number of pyridine rings is 2. The molecule has 0 fully saturated rings. The predicted molar refractivity (Wildman–Crippen MR) is 162 cm³/mol. The number of carboxylic acid groups (broad SMARTS) is 2. The lowest BCUT2D eigenvalue weighted by Crippen LogP contribution is -2.25. The average Bonchev–Trinajstić information content (AvgIpc) is 3.66. The van der Waals surface area contributed by atoms with Crippen molar-refractivity contribution in [2.75, 3.05) is 0 Å². The molecule has 1 unspecified atom stereocenters. The van der Waals surface area contributed by atoms with Crippen LogP contribution >= 0.6 is 11.3 Å². The maximum absolute atomic E-state index is 12.0. The maximum Gasteiger partial charge on any atom is 0.335 e. The molecule has 1 aliphatic carbocycles. The number of hydrogen-bond donors (Lipinski definition) is 3. The minimum absolute atomic E-state index is 0.0695. The lowest BCUT2D eigenvalue weighted by Gasteiger charge is -2.23. The third kappa shape index (κ3) is 4.67. The van der Waals surface area contributed by atoms with Crippen LogP contribution in [0.5, 0.6) is 0 Å². The van der Waals surface area contributed by atoms with Crippen molar-refractivity contribution in [2.24, 2.45) is 0 Å². The van der Waals surface area contributed by atoms with E-state index in [0.29, 0.717) is 17.1 Å². The largest absolute Gasteiger partial charge is 0.478 e. The molecular weight excluding hydrogens is 546 g/mol. The lowest BCUT2D eigenvalue weighted by molar-refractivity contribution is -0.132. The van der Waals surface area contributed by atoms with Crippen LogP contribution < -0.4 is 5.32 Å². The van der Waals surface area contributed by atoms with Crippen LogP contribution in [0.25, 0.3) is 37.7 Å². The molecular formula is C34H23N3O4S. The molecule has 7 rings (SSSR count). The highest BCUT2D eigenvalue weighted by Crippen LogP contribution is 2.41. The van der Waals surface area contributed by atoms with Crippen LogP contribution in [-0.4, -0.2) is 32.1 Å². The van der Waals surface area contributed by atoms with Crippen LogP contribution in [0.15, 0.2) is 109 Å². The van der Waals surface area contributed by atoms with Gasteiger partial charge >= 0.3 is 11.9 Å². The van der Waals surface area contributed by atoms with Crippen LogP contribution in [0.1, 0.15) is 38.9 Å². The SMILES string of the molecule is O=C(O)C1=CC(c2cc(C(=O)O)ccn2)NC(c2cc(-c3ccc(-c4ccc5c(c4)-c4ccccc4C5)s3)ccn2)=C1. The van der Waals surface area contributed by atoms with E-state index < -0.39 is 18.0 Å². The van der Waals surface area contributed by atoms with Gasteiger partial charge in [0.2, 0.25) is 0 Å². The molecule has 2 aliphatic rings. The van der Waals surface area contributed by atoms with Gasteiger partial charge in [0.1, 0.15) is 0 Å². The number of nitrogens with zero attached hydrogens (tertiary/aromatic N) is 2. The number of rotatable bonds is 6. The second-order valence-corrected chi connectivity index (χ2v) is 11.3. The van der Waals surface area contributed by atoms with Gasteiger partial charge in [0.25, 0.3) is 0 Å². The van der Waals surface area contributed by atoms with Gasteiger partial charge in [-0.3, -0.25) is 9.97 Å². The minimum atomic E-state index is -1.09. The van der Waals surface area contributed by atoms with E-state index in [9.17, 15) is 19.8 Å². The molecule has 0 saturated carbocycles. The van der Waals surface area contributed by atoms with Crippen molar-refractivity contribution >= 4 is 29.0 Å². The molecule has 2 aromatic carbocycles. The Bertz CT molecular complexity index is 1970. The fourth-order valence-corrected chi connectivity index (χ4v) is 6.48. The number of fused-ring (bicyclic) bond motifs is 3. The number of aromatic nitrogens is 2. The first-order chi connectivity index (χ1) is 20.4. The number of hydrogen-bond acceptors (Lipinski definition) is 6. The Kier molecular flexibility index (Phi) is 6.25. The van der Waals surface area contributed by atoms with E-state index in [4.69, 9.17) is 0 Å². The van der Waals surface area contributed by atoms with Gasteiger partial charge in [0.05, 0.1) is 34.3 Å². The highest BCUT2D eigenvalue weighted by molar-refractivity contribution is 7.18. The summed E-state index contributed by atoms with van der Waals surface area (Å²) in [4.78, 5) is 34.5. The van der Waals surface area contributed by atoms with Crippen LogP contribution in [0, 0.1) is 0 Å². The molecule has 5 aromatic rings. The van der Waals surface area contributed by atoms with Crippen molar-refractivity contribution in [3.8, 4) is 32.0 Å². The van der Waals surface area contributed by atoms with Crippen LogP contribution in [-0.2, 0) is 11.2 Å². The Labute approximate surface area is 245 Å². The van der Waals surface area contributed by atoms with E-state index in [1.807, 2.05) is 12.1 Å². The summed E-state index contributed by atoms with van der Waals surface area (Å²) >= 11 is 1.69. The quantitative estimate of drug-likeness (QED) is 0.201. The van der Waals surface area contributed by atoms with Gasteiger partial charge in [-0.2, -0.15) is 0 Å². The van der Waals surface area contributed by atoms with Gasteiger partial charge in [0, 0.05) is 22.1 Å². The summed E-state index contributed by atoms with van der Waals surface area (Å²) in [7, 11) is 0. The Hall–Kier alpha value is -5.34. The summed E-state index contributed by atoms with van der Waals surface area (Å²) in [6, 6.07) is 25.5. The van der Waals surface area contributed by atoms with Gasteiger partial charge in [0.15, 0.2) is 0 Å². The highest BCUT2D eigenvalue weighted by Gasteiger charge is 2.23. The number of benzene rings is 2. The zero-order chi connectivity index (χ0) is 28.8. The van der Waals surface area contributed by atoms with Crippen molar-refractivity contribution < 1.29 is 19.8 Å². The van der Waals surface area contributed by atoms with Gasteiger partial charge in [-0.25, -0.2) is 9.59 Å². The maximum atomic E-state index is 12.0. The number of dihydropyridines is 1. The Morgan fingerprint density at radius 1 is 0.786 bits per heavy atom. The second kappa shape index (κ2) is 10.2. The summed E-state index contributed by atoms with van der Waals surface area (Å²) in [6.07, 6.45) is 7.13. The summed E-state index contributed by atoms with van der Waals surface area (Å²) in [5, 5.41) is 22.5. The number of aromatic carboxylic acids is 1. The van der Waals surface area contributed by atoms with Crippen molar-refractivity contribution in [1.29, 1.82) is 0 Å². The standard InChI is InChI=1S/C34H23N3O4S/c38-33(39)23-10-12-36-28(16-23)30-18-24(34(40)41)17-29(37-30)27-15-22(9-11-35-27)32-8-7-31(42-32)21-6-5-20-13-19-3-1-2-4-25(19)26(20)14-21/h1-12,14-18,30,37H,13H2,(H,38,39)(H,40,41). The van der Waals surface area contributed by atoms with Crippen LogP contribution in [0.2, 0.25) is 0 Å². The van der Waals surface area contributed by atoms with Gasteiger partial charge in [-0.05, 0) is 94.4 Å². The normalized spacial score (nSPS) is 15.2. The van der Waals surface area contributed by atoms with Crippen molar-refractivity contribution in [3.63, 3.8) is 0 Å². The molecule has 0 spiro atoms. The van der Waals surface area contributed by atoms with E-state index in [-0.39, 0.29) is 11.1 Å². The zero-order valence-corrected chi connectivity index (χ0v) is 22.9. The van der Waals surface area contributed by atoms with Crippen molar-refractivity contribution in [1.82, 2.24) is 15.3 Å². The van der Waals surface area contributed by atoms with E-state index in [1.165, 1.54) is 58.3 Å². The summed E-state index contributed by atoms with van der Waals surface area (Å²) in [6.45, 7) is 0. The van der Waals surface area contributed by atoms with Gasteiger partial charge < -0.3 is 15.5 Å². The Morgan fingerprint density at radius 3 is 2.36 bits per heavy atom. The van der Waals surface area contributed by atoms with Crippen LogP contribution in [0.4, 0.5) is 0 Å². The van der Waals surface area contributed by atoms with E-state index >= 15 is 0 Å². The molecule has 42 heavy (non-hydrogen) atoms. The van der Waals surface area contributed by atoms with E-state index in [1.54, 1.807) is 17.5 Å². The molecule has 7 nitrogen and oxygen atoms in total. The topological polar surface area (TPSA) is 112 Å². The summed E-state index contributed by atoms with van der Waals surface area (Å²) < 4.78 is 0.